The second kappa shape index (κ2) is 7.45. The molecule has 0 bridgehead atoms. The predicted molar refractivity (Wildman–Crippen MR) is 111 cm³/mol. The van der Waals surface area contributed by atoms with Crippen molar-refractivity contribution in [3.05, 3.63) is 53.5 Å². The number of imidazole rings is 1. The third-order valence-corrected chi connectivity index (χ3v) is 6.26. The summed E-state index contributed by atoms with van der Waals surface area (Å²) in [7, 11) is 0. The molecule has 4 aromatic rings. The summed E-state index contributed by atoms with van der Waals surface area (Å²) in [6.45, 7) is -1.24. The van der Waals surface area contributed by atoms with Gasteiger partial charge in [0.15, 0.2) is 11.3 Å². The summed E-state index contributed by atoms with van der Waals surface area (Å²) in [6.07, 6.45) is -1.47. The number of carbonyl (C=O) groups is 2. The number of aromatic nitrogens is 6. The van der Waals surface area contributed by atoms with Crippen molar-refractivity contribution in [3.63, 3.8) is 0 Å². The zero-order valence-corrected chi connectivity index (χ0v) is 17.8. The van der Waals surface area contributed by atoms with Gasteiger partial charge in [0.05, 0.1) is 24.0 Å². The molecular formula is C21H16F4N8O2. The summed E-state index contributed by atoms with van der Waals surface area (Å²) < 4.78 is 55.0. The molecule has 10 nitrogen and oxygen atoms in total. The van der Waals surface area contributed by atoms with Gasteiger partial charge in [-0.3, -0.25) is 10.1 Å². The van der Waals surface area contributed by atoms with Gasteiger partial charge in [-0.05, 0) is 30.5 Å². The summed E-state index contributed by atoms with van der Waals surface area (Å²) in [5.41, 5.74) is 1.89. The summed E-state index contributed by atoms with van der Waals surface area (Å²) >= 11 is 0. The highest BCUT2D eigenvalue weighted by molar-refractivity contribution is 6.00. The number of alkyl halides is 3. The van der Waals surface area contributed by atoms with Crippen LogP contribution >= 0.6 is 0 Å². The van der Waals surface area contributed by atoms with E-state index in [0.29, 0.717) is 23.1 Å². The van der Waals surface area contributed by atoms with Crippen LogP contribution in [0.15, 0.2) is 30.6 Å². The van der Waals surface area contributed by atoms with E-state index in [2.05, 4.69) is 30.8 Å². The molecule has 1 saturated carbocycles. The number of halogens is 4. The fourth-order valence-corrected chi connectivity index (χ4v) is 4.52. The lowest BCUT2D eigenvalue weighted by atomic mass is 9.99. The van der Waals surface area contributed by atoms with Crippen molar-refractivity contribution in [2.24, 2.45) is 0 Å². The van der Waals surface area contributed by atoms with E-state index in [1.807, 2.05) is 0 Å². The number of nitrogens with one attached hydrogen (secondary N) is 2. The molecule has 3 atom stereocenters. The molecular weight excluding hydrogens is 472 g/mol. The Morgan fingerprint density at radius 2 is 1.91 bits per heavy atom. The van der Waals surface area contributed by atoms with E-state index in [4.69, 9.17) is 0 Å². The minimum Gasteiger partial charge on any atom is -0.337 e. The summed E-state index contributed by atoms with van der Waals surface area (Å²) in [5.74, 6) is -2.39. The maximum atomic E-state index is 14.4. The number of fused-ring (bicyclic) bond motifs is 2. The van der Waals surface area contributed by atoms with E-state index in [9.17, 15) is 27.2 Å². The van der Waals surface area contributed by atoms with Crippen molar-refractivity contribution in [1.29, 1.82) is 0 Å². The van der Waals surface area contributed by atoms with E-state index in [0.717, 1.165) is 15.4 Å². The fraction of sp³-hybridized carbons (Fsp3) is 0.333. The van der Waals surface area contributed by atoms with E-state index in [-0.39, 0.29) is 35.4 Å². The highest BCUT2D eigenvalue weighted by atomic mass is 19.4. The number of carbonyl (C=O) groups excluding carboxylic acids is 2. The van der Waals surface area contributed by atoms with Crippen LogP contribution < -0.4 is 10.6 Å². The van der Waals surface area contributed by atoms with Gasteiger partial charge < -0.3 is 5.32 Å². The Hall–Kier alpha value is -4.10. The Balaban J connectivity index is 1.36. The molecule has 2 fully saturated rings. The lowest BCUT2D eigenvalue weighted by molar-refractivity contribution is -0.142. The van der Waals surface area contributed by atoms with Gasteiger partial charge in [-0.2, -0.15) is 32.3 Å². The van der Waals surface area contributed by atoms with Crippen LogP contribution in [-0.2, 0) is 11.3 Å². The first-order chi connectivity index (χ1) is 16.7. The molecule has 0 radical (unpaired) electrons. The predicted octanol–water partition coefficient (Wildman–Crippen LogP) is 2.37. The van der Waals surface area contributed by atoms with Crippen molar-refractivity contribution in [1.82, 2.24) is 40.0 Å². The van der Waals surface area contributed by atoms with Crippen LogP contribution in [0.5, 0.6) is 0 Å². The second-order valence-electron chi connectivity index (χ2n) is 8.61. The molecule has 0 aromatic carbocycles. The average molecular weight is 488 g/mol. The SMILES string of the molecule is O=C1NCC(c2cc([C@H]3C[C@@H]3c3ccc4cnn(CC(F)(F)F)c4n3)c3ncc(F)n3n2)C(=O)N1. The molecule has 1 aliphatic heterocycles. The van der Waals surface area contributed by atoms with Crippen LogP contribution in [-0.4, -0.2) is 54.0 Å². The highest BCUT2D eigenvalue weighted by Gasteiger charge is 2.43. The van der Waals surface area contributed by atoms with E-state index in [1.54, 1.807) is 18.2 Å². The number of rotatable bonds is 4. The average Bonchev–Trinajstić information content (AvgIpc) is 3.38. The van der Waals surface area contributed by atoms with Crippen molar-refractivity contribution in [3.8, 4) is 0 Å². The monoisotopic (exact) mass is 488 g/mol. The number of nitrogens with zero attached hydrogens (tertiary/aromatic N) is 6. The van der Waals surface area contributed by atoms with Crippen molar-refractivity contribution in [2.45, 2.75) is 36.9 Å². The van der Waals surface area contributed by atoms with Crippen molar-refractivity contribution in [2.75, 3.05) is 6.54 Å². The van der Waals surface area contributed by atoms with Crippen LogP contribution in [0.3, 0.4) is 0 Å². The van der Waals surface area contributed by atoms with Crippen LogP contribution in [0.25, 0.3) is 16.7 Å². The number of imide groups is 1. The lowest BCUT2D eigenvalue weighted by Gasteiger charge is -2.22. The van der Waals surface area contributed by atoms with Gasteiger partial charge in [0.1, 0.15) is 6.54 Å². The molecule has 1 saturated heterocycles. The molecule has 1 aliphatic carbocycles. The number of hydrogen-bond donors (Lipinski definition) is 2. The fourth-order valence-electron chi connectivity index (χ4n) is 4.52. The first-order valence-electron chi connectivity index (χ1n) is 10.7. The number of pyridine rings is 1. The molecule has 6 rings (SSSR count). The Labute approximate surface area is 193 Å². The van der Waals surface area contributed by atoms with Crippen LogP contribution in [0.4, 0.5) is 22.4 Å². The van der Waals surface area contributed by atoms with Crippen LogP contribution in [0, 0.1) is 5.95 Å². The molecule has 3 amide bonds. The van der Waals surface area contributed by atoms with Crippen LogP contribution in [0.2, 0.25) is 0 Å². The minimum absolute atomic E-state index is 0.00838. The van der Waals surface area contributed by atoms with Gasteiger partial charge in [0, 0.05) is 29.1 Å². The van der Waals surface area contributed by atoms with Crippen molar-refractivity contribution < 1.29 is 27.2 Å². The standard InChI is InChI=1S/C21H16F4N8O2/c22-16-7-26-18-12(4-15(31-33(16)18)13-6-27-20(35)30-19(13)34)10-3-11(10)14-2-1-9-5-28-32(17(9)29-14)8-21(23,24)25/h1-2,4-5,7,10-11,13H,3,6,8H2,(H2,27,30,34,35)/t10-,11-,13?/m0/s1. The molecule has 0 spiro atoms. The van der Waals surface area contributed by atoms with Crippen LogP contribution in [0.1, 0.15) is 41.1 Å². The molecule has 5 heterocycles. The van der Waals surface area contributed by atoms with Gasteiger partial charge in [-0.1, -0.05) is 0 Å². The minimum atomic E-state index is -4.44. The van der Waals surface area contributed by atoms with Gasteiger partial charge in [-0.25, -0.2) is 19.4 Å². The number of urea groups is 1. The Morgan fingerprint density at radius 3 is 2.69 bits per heavy atom. The lowest BCUT2D eigenvalue weighted by Crippen LogP contribution is -2.51. The van der Waals surface area contributed by atoms with E-state index < -0.39 is 36.5 Å². The zero-order valence-electron chi connectivity index (χ0n) is 17.8. The molecule has 35 heavy (non-hydrogen) atoms. The first kappa shape index (κ1) is 21.4. The molecule has 180 valence electrons. The zero-order chi connectivity index (χ0) is 24.5. The maximum Gasteiger partial charge on any atom is 0.408 e. The Bertz CT molecular complexity index is 1510. The smallest absolute Gasteiger partial charge is 0.337 e. The second-order valence-corrected chi connectivity index (χ2v) is 8.61. The Morgan fingerprint density at radius 1 is 1.09 bits per heavy atom. The van der Waals surface area contributed by atoms with Gasteiger partial charge >= 0.3 is 12.2 Å². The van der Waals surface area contributed by atoms with E-state index in [1.165, 1.54) is 6.20 Å². The van der Waals surface area contributed by atoms with Gasteiger partial charge in [0.25, 0.3) is 0 Å². The molecule has 4 aromatic heterocycles. The van der Waals surface area contributed by atoms with E-state index >= 15 is 0 Å². The summed E-state index contributed by atoms with van der Waals surface area (Å²) in [5, 5.41) is 13.2. The molecule has 14 heteroatoms. The molecule has 2 aliphatic rings. The summed E-state index contributed by atoms with van der Waals surface area (Å²) in [6, 6.07) is 4.46. The highest BCUT2D eigenvalue weighted by Crippen LogP contribution is 2.55. The maximum absolute atomic E-state index is 14.4. The number of amides is 3. The molecule has 2 N–H and O–H groups in total. The third-order valence-electron chi connectivity index (χ3n) is 6.26. The number of hydrogen-bond acceptors (Lipinski definition) is 6. The Kier molecular flexibility index (Phi) is 4.56. The van der Waals surface area contributed by atoms with Crippen molar-refractivity contribution >= 4 is 28.6 Å². The largest absolute Gasteiger partial charge is 0.408 e. The van der Waals surface area contributed by atoms with Gasteiger partial charge in [0.2, 0.25) is 11.9 Å². The normalized spacial score (nSPS) is 22.5. The first-order valence-corrected chi connectivity index (χ1v) is 10.7. The third kappa shape index (κ3) is 3.74. The quantitative estimate of drug-likeness (QED) is 0.426. The topological polar surface area (TPSA) is 119 Å². The molecule has 1 unspecified atom stereocenters. The summed E-state index contributed by atoms with van der Waals surface area (Å²) in [4.78, 5) is 32.3. The van der Waals surface area contributed by atoms with Gasteiger partial charge in [-0.15, -0.1) is 0 Å².